The highest BCUT2D eigenvalue weighted by Gasteiger charge is 2.14. The van der Waals surface area contributed by atoms with Crippen molar-refractivity contribution in [2.45, 2.75) is 45.6 Å². The number of methoxy groups -OCH3 is 1. The zero-order valence-electron chi connectivity index (χ0n) is 11.1. The summed E-state index contributed by atoms with van der Waals surface area (Å²) >= 11 is 6.24. The van der Waals surface area contributed by atoms with Gasteiger partial charge in [0, 0.05) is 6.04 Å². The second-order valence-electron chi connectivity index (χ2n) is 4.72. The molecule has 1 aromatic carbocycles. The minimum Gasteiger partial charge on any atom is -0.495 e. The van der Waals surface area contributed by atoms with Crippen LogP contribution in [-0.2, 0) is 6.42 Å². The second-order valence-corrected chi connectivity index (χ2v) is 5.13. The summed E-state index contributed by atoms with van der Waals surface area (Å²) in [6.45, 7) is 6.40. The molecule has 17 heavy (non-hydrogen) atoms. The van der Waals surface area contributed by atoms with Gasteiger partial charge in [0.2, 0.25) is 0 Å². The first-order valence-corrected chi connectivity index (χ1v) is 6.49. The zero-order chi connectivity index (χ0) is 13.0. The van der Waals surface area contributed by atoms with Crippen molar-refractivity contribution in [2.24, 2.45) is 5.73 Å². The van der Waals surface area contributed by atoms with Gasteiger partial charge in [-0.3, -0.25) is 0 Å². The molecule has 0 fully saturated rings. The molecule has 0 amide bonds. The minimum absolute atomic E-state index is 0.155. The second kappa shape index (κ2) is 6.27. The van der Waals surface area contributed by atoms with Crippen LogP contribution in [0, 0.1) is 0 Å². The molecule has 1 atom stereocenters. The highest BCUT2D eigenvalue weighted by atomic mass is 35.5. The lowest BCUT2D eigenvalue weighted by Crippen LogP contribution is -2.21. The van der Waals surface area contributed by atoms with Crippen molar-refractivity contribution in [3.05, 3.63) is 28.3 Å². The Morgan fingerprint density at radius 2 is 2.00 bits per heavy atom. The van der Waals surface area contributed by atoms with Crippen molar-refractivity contribution in [1.29, 1.82) is 0 Å². The van der Waals surface area contributed by atoms with Gasteiger partial charge in [-0.15, -0.1) is 0 Å². The van der Waals surface area contributed by atoms with E-state index in [1.165, 1.54) is 5.56 Å². The average molecular weight is 256 g/mol. The topological polar surface area (TPSA) is 35.2 Å². The predicted octanol–water partition coefficient (Wildman–Crippen LogP) is 3.75. The van der Waals surface area contributed by atoms with Gasteiger partial charge in [-0.05, 0) is 36.0 Å². The summed E-state index contributed by atoms with van der Waals surface area (Å²) in [5, 5.41) is 0.678. The Balaban J connectivity index is 3.14. The maximum Gasteiger partial charge on any atom is 0.140 e. The first-order chi connectivity index (χ1) is 7.99. The summed E-state index contributed by atoms with van der Waals surface area (Å²) in [6, 6.07) is 4.29. The van der Waals surface area contributed by atoms with Gasteiger partial charge in [-0.25, -0.2) is 0 Å². The van der Waals surface area contributed by atoms with Crippen molar-refractivity contribution >= 4 is 11.6 Å². The van der Waals surface area contributed by atoms with Gasteiger partial charge in [0.25, 0.3) is 0 Å². The standard InChI is InChI=1S/C14H22ClNO/c1-5-12(16)7-11-6-10(9(2)3)8-13(15)14(11)17-4/h6,8-9,12H,5,7,16H2,1-4H3. The summed E-state index contributed by atoms with van der Waals surface area (Å²) in [4.78, 5) is 0. The lowest BCUT2D eigenvalue weighted by molar-refractivity contribution is 0.407. The molecule has 0 aliphatic rings. The van der Waals surface area contributed by atoms with E-state index in [1.54, 1.807) is 7.11 Å². The summed E-state index contributed by atoms with van der Waals surface area (Å²) in [5.41, 5.74) is 8.35. The van der Waals surface area contributed by atoms with Crippen LogP contribution in [0.1, 0.15) is 44.2 Å². The van der Waals surface area contributed by atoms with E-state index in [1.807, 2.05) is 6.07 Å². The summed E-state index contributed by atoms with van der Waals surface area (Å²) in [5.74, 6) is 1.22. The van der Waals surface area contributed by atoms with Crippen LogP contribution in [0.15, 0.2) is 12.1 Å². The van der Waals surface area contributed by atoms with Crippen LogP contribution in [0.3, 0.4) is 0 Å². The molecular formula is C14H22ClNO. The normalized spacial score (nSPS) is 12.9. The van der Waals surface area contributed by atoms with Crippen molar-refractivity contribution < 1.29 is 4.74 Å². The SMILES string of the molecule is CCC(N)Cc1cc(C(C)C)cc(Cl)c1OC. The monoisotopic (exact) mass is 255 g/mol. The van der Waals surface area contributed by atoms with E-state index < -0.39 is 0 Å². The molecule has 3 heteroatoms. The molecule has 1 unspecified atom stereocenters. The molecule has 0 saturated carbocycles. The Bertz CT molecular complexity index is 377. The molecule has 0 saturated heterocycles. The fourth-order valence-corrected chi connectivity index (χ4v) is 2.14. The number of nitrogens with two attached hydrogens (primary N) is 1. The van der Waals surface area contributed by atoms with Gasteiger partial charge in [-0.1, -0.05) is 38.4 Å². The third kappa shape index (κ3) is 3.62. The summed E-state index contributed by atoms with van der Waals surface area (Å²) in [6.07, 6.45) is 1.76. The molecule has 1 rings (SSSR count). The van der Waals surface area contributed by atoms with Gasteiger partial charge in [0.05, 0.1) is 12.1 Å². The predicted molar refractivity (Wildman–Crippen MR) is 74.1 cm³/mol. The van der Waals surface area contributed by atoms with E-state index in [-0.39, 0.29) is 6.04 Å². The van der Waals surface area contributed by atoms with Crippen molar-refractivity contribution in [3.63, 3.8) is 0 Å². The Kier molecular flexibility index (Phi) is 5.29. The average Bonchev–Trinajstić information content (AvgIpc) is 2.28. The molecule has 0 aromatic heterocycles. The third-order valence-corrected chi connectivity index (χ3v) is 3.30. The van der Waals surface area contributed by atoms with Crippen LogP contribution in [-0.4, -0.2) is 13.2 Å². The lowest BCUT2D eigenvalue weighted by atomic mass is 9.96. The molecule has 96 valence electrons. The van der Waals surface area contributed by atoms with Gasteiger partial charge >= 0.3 is 0 Å². The van der Waals surface area contributed by atoms with Gasteiger partial charge in [-0.2, -0.15) is 0 Å². The number of rotatable bonds is 5. The van der Waals surface area contributed by atoms with E-state index in [4.69, 9.17) is 22.1 Å². The van der Waals surface area contributed by atoms with E-state index in [0.29, 0.717) is 10.9 Å². The molecule has 0 aliphatic heterocycles. The largest absolute Gasteiger partial charge is 0.495 e. The molecule has 0 spiro atoms. The van der Waals surface area contributed by atoms with E-state index >= 15 is 0 Å². The quantitative estimate of drug-likeness (QED) is 0.870. The molecule has 2 N–H and O–H groups in total. The van der Waals surface area contributed by atoms with Crippen LogP contribution in [0.4, 0.5) is 0 Å². The molecular weight excluding hydrogens is 234 g/mol. The number of hydrogen-bond donors (Lipinski definition) is 1. The zero-order valence-corrected chi connectivity index (χ0v) is 11.8. The lowest BCUT2D eigenvalue weighted by Gasteiger charge is -2.17. The minimum atomic E-state index is 0.155. The maximum absolute atomic E-state index is 6.24. The first-order valence-electron chi connectivity index (χ1n) is 6.11. The van der Waals surface area contributed by atoms with Crippen molar-refractivity contribution in [1.82, 2.24) is 0 Å². The molecule has 0 radical (unpaired) electrons. The van der Waals surface area contributed by atoms with E-state index in [0.717, 1.165) is 24.2 Å². The fraction of sp³-hybridized carbons (Fsp3) is 0.571. The van der Waals surface area contributed by atoms with Crippen LogP contribution >= 0.6 is 11.6 Å². The summed E-state index contributed by atoms with van der Waals surface area (Å²) in [7, 11) is 1.65. The van der Waals surface area contributed by atoms with Crippen LogP contribution in [0.2, 0.25) is 5.02 Å². The number of ether oxygens (including phenoxy) is 1. The molecule has 1 aromatic rings. The van der Waals surface area contributed by atoms with Crippen molar-refractivity contribution in [3.8, 4) is 5.75 Å². The van der Waals surface area contributed by atoms with Crippen LogP contribution in [0.25, 0.3) is 0 Å². The number of benzene rings is 1. The molecule has 0 heterocycles. The Morgan fingerprint density at radius 1 is 1.35 bits per heavy atom. The number of halogens is 1. The van der Waals surface area contributed by atoms with E-state index in [2.05, 4.69) is 26.8 Å². The smallest absolute Gasteiger partial charge is 0.140 e. The molecule has 0 aliphatic carbocycles. The highest BCUT2D eigenvalue weighted by Crippen LogP contribution is 2.33. The molecule has 0 bridgehead atoms. The third-order valence-electron chi connectivity index (χ3n) is 3.02. The van der Waals surface area contributed by atoms with Gasteiger partial charge in [0.1, 0.15) is 5.75 Å². The fourth-order valence-electron chi connectivity index (χ4n) is 1.81. The Hall–Kier alpha value is -0.730. The van der Waals surface area contributed by atoms with E-state index in [9.17, 15) is 0 Å². The van der Waals surface area contributed by atoms with Crippen LogP contribution in [0.5, 0.6) is 5.75 Å². The van der Waals surface area contributed by atoms with Gasteiger partial charge < -0.3 is 10.5 Å². The Morgan fingerprint density at radius 3 is 2.47 bits per heavy atom. The first kappa shape index (κ1) is 14.3. The Labute approximate surface area is 109 Å². The van der Waals surface area contributed by atoms with Crippen LogP contribution < -0.4 is 10.5 Å². The van der Waals surface area contributed by atoms with Crippen molar-refractivity contribution in [2.75, 3.05) is 7.11 Å². The molecule has 2 nitrogen and oxygen atoms in total. The number of hydrogen-bond acceptors (Lipinski definition) is 2. The summed E-state index contributed by atoms with van der Waals surface area (Å²) < 4.78 is 5.37. The maximum atomic E-state index is 6.24. The van der Waals surface area contributed by atoms with Gasteiger partial charge in [0.15, 0.2) is 0 Å². The highest BCUT2D eigenvalue weighted by molar-refractivity contribution is 6.32.